The first-order chi connectivity index (χ1) is 11.2. The van der Waals surface area contributed by atoms with Crippen LogP contribution in [0.2, 0.25) is 0 Å². The van der Waals surface area contributed by atoms with Crippen LogP contribution in [0, 0.1) is 0 Å². The Balaban J connectivity index is 1.45. The van der Waals surface area contributed by atoms with Gasteiger partial charge in [-0.05, 0) is 48.5 Å². The van der Waals surface area contributed by atoms with E-state index in [1.54, 1.807) is 7.11 Å². The third-order valence-electron chi connectivity index (χ3n) is 4.74. The van der Waals surface area contributed by atoms with Crippen LogP contribution in [0.3, 0.4) is 0 Å². The largest absolute Gasteiger partial charge is 0.497 e. The summed E-state index contributed by atoms with van der Waals surface area (Å²) < 4.78 is 5.18. The Kier molecular flexibility index (Phi) is 5.84. The summed E-state index contributed by atoms with van der Waals surface area (Å²) in [6, 6.07) is 9.06. The predicted octanol–water partition coefficient (Wildman–Crippen LogP) is 2.32. The van der Waals surface area contributed by atoms with Gasteiger partial charge in [-0.3, -0.25) is 4.79 Å². The number of methoxy groups -OCH3 is 1. The summed E-state index contributed by atoms with van der Waals surface area (Å²) in [4.78, 5) is 14.2. The fraction of sp³-hybridized carbons (Fsp3) is 0.611. The number of nitrogens with one attached hydrogen (secondary N) is 1. The molecule has 1 atom stereocenters. The molecule has 0 aromatic heterocycles. The highest BCUT2D eigenvalue weighted by molar-refractivity contribution is 7.99. The van der Waals surface area contributed by atoms with Crippen molar-refractivity contribution in [1.29, 1.82) is 0 Å². The van der Waals surface area contributed by atoms with Crippen molar-refractivity contribution in [3.63, 3.8) is 0 Å². The first-order valence-corrected chi connectivity index (χ1v) is 9.64. The zero-order valence-electron chi connectivity index (χ0n) is 13.8. The molecule has 0 saturated carbocycles. The topological polar surface area (TPSA) is 41.6 Å². The molecule has 3 rings (SSSR count). The van der Waals surface area contributed by atoms with Crippen LogP contribution < -0.4 is 10.1 Å². The molecule has 126 valence electrons. The Hall–Kier alpha value is -1.20. The smallest absolute Gasteiger partial charge is 0.224 e. The standard InChI is InChI=1S/C18H26N2O2S/c1-22-17-4-2-14(3-5-17)6-9-20-13-16(12-18(20)21)19-15-7-10-23-11-8-15/h2-5,15-16,19H,6-13H2,1H3/t16-/m1/s1. The number of hydrogen-bond donors (Lipinski definition) is 1. The minimum absolute atomic E-state index is 0.293. The van der Waals surface area contributed by atoms with Gasteiger partial charge in [-0.2, -0.15) is 11.8 Å². The average Bonchev–Trinajstić information content (AvgIpc) is 2.94. The highest BCUT2D eigenvalue weighted by Gasteiger charge is 2.30. The van der Waals surface area contributed by atoms with Crippen LogP contribution in [0.1, 0.15) is 24.8 Å². The Labute approximate surface area is 143 Å². The molecule has 0 bridgehead atoms. The van der Waals surface area contributed by atoms with E-state index in [4.69, 9.17) is 4.74 Å². The monoisotopic (exact) mass is 334 g/mol. The maximum Gasteiger partial charge on any atom is 0.224 e. The third-order valence-corrected chi connectivity index (χ3v) is 5.79. The van der Waals surface area contributed by atoms with E-state index in [2.05, 4.69) is 17.4 Å². The van der Waals surface area contributed by atoms with E-state index >= 15 is 0 Å². The lowest BCUT2D eigenvalue weighted by Crippen LogP contribution is -2.42. The van der Waals surface area contributed by atoms with Crippen molar-refractivity contribution in [2.45, 2.75) is 37.8 Å². The van der Waals surface area contributed by atoms with Gasteiger partial charge in [0, 0.05) is 31.6 Å². The molecule has 0 aliphatic carbocycles. The van der Waals surface area contributed by atoms with Crippen molar-refractivity contribution in [1.82, 2.24) is 10.2 Å². The van der Waals surface area contributed by atoms with Gasteiger partial charge in [0.15, 0.2) is 0 Å². The quantitative estimate of drug-likeness (QED) is 0.867. The fourth-order valence-electron chi connectivity index (χ4n) is 3.35. The van der Waals surface area contributed by atoms with Crippen LogP contribution in [-0.2, 0) is 11.2 Å². The average molecular weight is 334 g/mol. The summed E-state index contributed by atoms with van der Waals surface area (Å²) in [5.74, 6) is 3.67. The zero-order chi connectivity index (χ0) is 16.1. The Morgan fingerprint density at radius 2 is 1.96 bits per heavy atom. The molecule has 1 amide bonds. The summed E-state index contributed by atoms with van der Waals surface area (Å²) in [6.45, 7) is 1.67. The number of benzene rings is 1. The molecule has 1 aromatic carbocycles. The first-order valence-electron chi connectivity index (χ1n) is 8.49. The van der Waals surface area contributed by atoms with Crippen molar-refractivity contribution in [2.24, 2.45) is 0 Å². The minimum Gasteiger partial charge on any atom is -0.497 e. The molecule has 0 unspecified atom stereocenters. The molecule has 5 heteroatoms. The molecule has 4 nitrogen and oxygen atoms in total. The SMILES string of the molecule is COc1ccc(CCN2C[C@H](NC3CCSCC3)CC2=O)cc1. The maximum atomic E-state index is 12.2. The number of amides is 1. The lowest BCUT2D eigenvalue weighted by molar-refractivity contribution is -0.127. The summed E-state index contributed by atoms with van der Waals surface area (Å²) in [6.07, 6.45) is 4.04. The highest BCUT2D eigenvalue weighted by Crippen LogP contribution is 2.20. The number of hydrogen-bond acceptors (Lipinski definition) is 4. The van der Waals surface area contributed by atoms with Gasteiger partial charge in [0.25, 0.3) is 0 Å². The van der Waals surface area contributed by atoms with E-state index in [0.29, 0.717) is 24.4 Å². The molecular weight excluding hydrogens is 308 g/mol. The fourth-order valence-corrected chi connectivity index (χ4v) is 4.46. The minimum atomic E-state index is 0.293. The Morgan fingerprint density at radius 1 is 1.22 bits per heavy atom. The number of carbonyl (C=O) groups is 1. The van der Waals surface area contributed by atoms with E-state index in [-0.39, 0.29) is 0 Å². The zero-order valence-corrected chi connectivity index (χ0v) is 14.6. The van der Waals surface area contributed by atoms with Gasteiger partial charge in [-0.15, -0.1) is 0 Å². The summed E-state index contributed by atoms with van der Waals surface area (Å²) in [5.41, 5.74) is 1.25. The third kappa shape index (κ3) is 4.64. The van der Waals surface area contributed by atoms with E-state index in [1.807, 2.05) is 28.8 Å². The molecule has 2 heterocycles. The van der Waals surface area contributed by atoms with E-state index in [0.717, 1.165) is 25.3 Å². The molecule has 1 N–H and O–H groups in total. The molecule has 23 heavy (non-hydrogen) atoms. The van der Waals surface area contributed by atoms with E-state index in [9.17, 15) is 4.79 Å². The van der Waals surface area contributed by atoms with Gasteiger partial charge < -0.3 is 15.0 Å². The Bertz CT molecular complexity index is 514. The second-order valence-electron chi connectivity index (χ2n) is 6.39. The number of ether oxygens (including phenoxy) is 1. The number of thioether (sulfide) groups is 1. The molecule has 2 fully saturated rings. The molecule has 0 radical (unpaired) electrons. The van der Waals surface area contributed by atoms with Crippen molar-refractivity contribution < 1.29 is 9.53 Å². The van der Waals surface area contributed by atoms with E-state index < -0.39 is 0 Å². The van der Waals surface area contributed by atoms with Crippen LogP contribution in [0.25, 0.3) is 0 Å². The highest BCUT2D eigenvalue weighted by atomic mass is 32.2. The van der Waals surface area contributed by atoms with E-state index in [1.165, 1.54) is 29.9 Å². The van der Waals surface area contributed by atoms with Crippen molar-refractivity contribution in [2.75, 3.05) is 31.7 Å². The molecule has 0 spiro atoms. The molecule has 1 aromatic rings. The summed E-state index contributed by atoms with van der Waals surface area (Å²) in [7, 11) is 1.68. The van der Waals surface area contributed by atoms with Crippen LogP contribution in [0.15, 0.2) is 24.3 Å². The van der Waals surface area contributed by atoms with Gasteiger partial charge in [0.1, 0.15) is 5.75 Å². The molecule has 2 aliphatic heterocycles. The normalized spacial score (nSPS) is 22.6. The van der Waals surface area contributed by atoms with Crippen molar-refractivity contribution >= 4 is 17.7 Å². The molecular formula is C18H26N2O2S. The molecule has 2 saturated heterocycles. The summed E-state index contributed by atoms with van der Waals surface area (Å²) >= 11 is 2.04. The van der Waals surface area contributed by atoms with Crippen LogP contribution in [-0.4, -0.2) is 54.6 Å². The second kappa shape index (κ2) is 8.06. The molecule has 2 aliphatic rings. The number of nitrogens with zero attached hydrogens (tertiary/aromatic N) is 1. The van der Waals surface area contributed by atoms with Crippen molar-refractivity contribution in [3.8, 4) is 5.75 Å². The summed E-state index contributed by atoms with van der Waals surface area (Å²) in [5, 5.41) is 3.70. The van der Waals surface area contributed by atoms with Gasteiger partial charge in [-0.25, -0.2) is 0 Å². The van der Waals surface area contributed by atoms with Crippen LogP contribution >= 0.6 is 11.8 Å². The van der Waals surface area contributed by atoms with Crippen LogP contribution in [0.4, 0.5) is 0 Å². The van der Waals surface area contributed by atoms with Crippen molar-refractivity contribution in [3.05, 3.63) is 29.8 Å². The first kappa shape index (κ1) is 16.7. The number of carbonyl (C=O) groups excluding carboxylic acids is 1. The second-order valence-corrected chi connectivity index (χ2v) is 7.62. The number of rotatable bonds is 6. The van der Waals surface area contributed by atoms with Gasteiger partial charge in [0.2, 0.25) is 5.91 Å². The number of likely N-dealkylation sites (tertiary alicyclic amines) is 1. The van der Waals surface area contributed by atoms with Gasteiger partial charge >= 0.3 is 0 Å². The predicted molar refractivity (Wildman–Crippen MR) is 95.2 cm³/mol. The Morgan fingerprint density at radius 3 is 2.65 bits per heavy atom. The van der Waals surface area contributed by atoms with Crippen LogP contribution in [0.5, 0.6) is 5.75 Å². The lowest BCUT2D eigenvalue weighted by Gasteiger charge is -2.26. The van der Waals surface area contributed by atoms with Gasteiger partial charge in [-0.1, -0.05) is 12.1 Å². The lowest BCUT2D eigenvalue weighted by atomic mass is 10.1. The van der Waals surface area contributed by atoms with Gasteiger partial charge in [0.05, 0.1) is 7.11 Å². The maximum absolute atomic E-state index is 12.2.